The molecule has 0 unspecified atom stereocenters. The van der Waals surface area contributed by atoms with Gasteiger partial charge in [-0.05, 0) is 56.0 Å². The number of thiazole rings is 1. The molecule has 0 fully saturated rings. The van der Waals surface area contributed by atoms with Crippen molar-refractivity contribution < 1.29 is 14.0 Å². The molecular weight excluding hydrogens is 374 g/mol. The summed E-state index contributed by atoms with van der Waals surface area (Å²) in [5, 5.41) is 6.75. The van der Waals surface area contributed by atoms with E-state index in [1.165, 1.54) is 29.7 Å². The molecule has 144 valence electrons. The first-order chi connectivity index (χ1) is 13.7. The van der Waals surface area contributed by atoms with Crippen LogP contribution in [0, 0.1) is 0 Å². The maximum atomic E-state index is 12.4. The molecule has 2 amide bonds. The van der Waals surface area contributed by atoms with Crippen molar-refractivity contribution >= 4 is 28.8 Å². The lowest BCUT2D eigenvalue weighted by molar-refractivity contribution is 0.0952. The van der Waals surface area contributed by atoms with Crippen molar-refractivity contribution in [2.45, 2.75) is 32.1 Å². The van der Waals surface area contributed by atoms with Crippen LogP contribution < -0.4 is 10.6 Å². The van der Waals surface area contributed by atoms with Gasteiger partial charge in [-0.15, -0.1) is 11.3 Å². The number of amides is 2. The highest BCUT2D eigenvalue weighted by atomic mass is 32.1. The van der Waals surface area contributed by atoms with Crippen molar-refractivity contribution in [2.75, 3.05) is 11.9 Å². The van der Waals surface area contributed by atoms with Crippen molar-refractivity contribution in [2.24, 2.45) is 0 Å². The van der Waals surface area contributed by atoms with Crippen LogP contribution in [0.3, 0.4) is 0 Å². The Morgan fingerprint density at radius 2 is 2.00 bits per heavy atom. The summed E-state index contributed by atoms with van der Waals surface area (Å²) in [5.74, 6) is -0.299. The number of anilines is 1. The molecule has 3 aromatic rings. The number of nitrogens with zero attached hydrogens (tertiary/aromatic N) is 1. The summed E-state index contributed by atoms with van der Waals surface area (Å²) < 4.78 is 5.07. The first-order valence-corrected chi connectivity index (χ1v) is 10.2. The van der Waals surface area contributed by atoms with E-state index in [9.17, 15) is 9.59 Å². The fraction of sp³-hybridized carbons (Fsp3) is 0.286. The third kappa shape index (κ3) is 4.31. The molecule has 0 atom stereocenters. The SMILES string of the molecule is O=C(NCCc1nc2c(s1)CCCC2)c1cccc(NC(=O)c2ccco2)c1. The second kappa shape index (κ2) is 8.39. The van der Waals surface area contributed by atoms with E-state index in [4.69, 9.17) is 9.40 Å². The van der Waals surface area contributed by atoms with Crippen LogP contribution in [-0.4, -0.2) is 23.3 Å². The van der Waals surface area contributed by atoms with E-state index < -0.39 is 0 Å². The molecule has 0 saturated heterocycles. The zero-order chi connectivity index (χ0) is 19.3. The summed E-state index contributed by atoms with van der Waals surface area (Å²) in [4.78, 5) is 30.6. The van der Waals surface area contributed by atoms with E-state index in [1.54, 1.807) is 47.7 Å². The van der Waals surface area contributed by atoms with Crippen molar-refractivity contribution in [3.05, 3.63) is 69.6 Å². The van der Waals surface area contributed by atoms with Gasteiger partial charge in [0.2, 0.25) is 0 Å². The van der Waals surface area contributed by atoms with Gasteiger partial charge in [0.05, 0.1) is 17.0 Å². The van der Waals surface area contributed by atoms with Gasteiger partial charge < -0.3 is 15.1 Å². The molecule has 28 heavy (non-hydrogen) atoms. The van der Waals surface area contributed by atoms with Crippen LogP contribution in [0.4, 0.5) is 5.69 Å². The number of fused-ring (bicyclic) bond motifs is 1. The lowest BCUT2D eigenvalue weighted by atomic mass is 10.0. The van der Waals surface area contributed by atoms with E-state index in [0.29, 0.717) is 17.8 Å². The van der Waals surface area contributed by atoms with Crippen molar-refractivity contribution in [1.29, 1.82) is 0 Å². The fourth-order valence-corrected chi connectivity index (χ4v) is 4.39. The highest BCUT2D eigenvalue weighted by Crippen LogP contribution is 2.26. The Morgan fingerprint density at radius 3 is 2.82 bits per heavy atom. The van der Waals surface area contributed by atoms with Crippen LogP contribution in [-0.2, 0) is 19.3 Å². The number of carbonyl (C=O) groups is 2. The van der Waals surface area contributed by atoms with Gasteiger partial charge in [-0.25, -0.2) is 4.98 Å². The Kier molecular flexibility index (Phi) is 5.53. The smallest absolute Gasteiger partial charge is 0.291 e. The molecule has 2 aromatic heterocycles. The molecule has 4 rings (SSSR count). The molecule has 0 aliphatic heterocycles. The molecule has 6 nitrogen and oxygen atoms in total. The summed E-state index contributed by atoms with van der Waals surface area (Å²) >= 11 is 1.77. The van der Waals surface area contributed by atoms with Crippen LogP contribution in [0.25, 0.3) is 0 Å². The Hall–Kier alpha value is -2.93. The first kappa shape index (κ1) is 18.4. The standard InChI is InChI=1S/C21H21N3O3S/c25-20(22-11-10-19-24-16-7-1-2-9-18(16)28-19)14-5-3-6-15(13-14)23-21(26)17-8-4-12-27-17/h3-6,8,12-13H,1-2,7,9-11H2,(H,22,25)(H,23,26). The zero-order valence-corrected chi connectivity index (χ0v) is 16.2. The summed E-state index contributed by atoms with van der Waals surface area (Å²) in [5.41, 5.74) is 2.29. The average Bonchev–Trinajstić information content (AvgIpc) is 3.37. The summed E-state index contributed by atoms with van der Waals surface area (Å²) in [6.07, 6.45) is 6.86. The molecule has 7 heteroatoms. The lowest BCUT2D eigenvalue weighted by Crippen LogP contribution is -2.25. The minimum atomic E-state index is -0.352. The number of aromatic nitrogens is 1. The molecular formula is C21H21N3O3S. The van der Waals surface area contributed by atoms with E-state index in [2.05, 4.69) is 10.6 Å². The molecule has 0 bridgehead atoms. The number of benzene rings is 1. The topological polar surface area (TPSA) is 84.2 Å². The lowest BCUT2D eigenvalue weighted by Gasteiger charge is -2.07. The second-order valence-corrected chi connectivity index (χ2v) is 7.87. The maximum Gasteiger partial charge on any atom is 0.291 e. The molecule has 0 radical (unpaired) electrons. The monoisotopic (exact) mass is 395 g/mol. The molecule has 1 aliphatic rings. The predicted octanol–water partition coefficient (Wildman–Crippen LogP) is 3.84. The summed E-state index contributed by atoms with van der Waals surface area (Å²) in [6.45, 7) is 0.536. The van der Waals surface area contributed by atoms with Crippen LogP contribution in [0.2, 0.25) is 0 Å². The molecule has 0 spiro atoms. The number of hydrogen-bond donors (Lipinski definition) is 2. The van der Waals surface area contributed by atoms with Gasteiger partial charge in [0.15, 0.2) is 5.76 Å². The van der Waals surface area contributed by atoms with Crippen LogP contribution in [0.1, 0.15) is 49.3 Å². The van der Waals surface area contributed by atoms with Crippen LogP contribution in [0.5, 0.6) is 0 Å². The van der Waals surface area contributed by atoms with Crippen molar-refractivity contribution in [1.82, 2.24) is 10.3 Å². The van der Waals surface area contributed by atoms with E-state index >= 15 is 0 Å². The van der Waals surface area contributed by atoms with Gasteiger partial charge >= 0.3 is 0 Å². The minimum Gasteiger partial charge on any atom is -0.459 e. The molecule has 1 aromatic carbocycles. The molecule has 0 saturated carbocycles. The van der Waals surface area contributed by atoms with Gasteiger partial charge in [0.1, 0.15) is 0 Å². The van der Waals surface area contributed by atoms with E-state index in [0.717, 1.165) is 24.3 Å². The fourth-order valence-electron chi connectivity index (χ4n) is 3.24. The minimum absolute atomic E-state index is 0.171. The zero-order valence-electron chi connectivity index (χ0n) is 15.4. The number of aryl methyl sites for hydroxylation is 2. The molecule has 1 aliphatic carbocycles. The normalized spacial score (nSPS) is 13.0. The highest BCUT2D eigenvalue weighted by molar-refractivity contribution is 7.11. The Balaban J connectivity index is 1.32. The Bertz CT molecular complexity index is 955. The van der Waals surface area contributed by atoms with Gasteiger partial charge in [-0.2, -0.15) is 0 Å². The maximum absolute atomic E-state index is 12.4. The summed E-state index contributed by atoms with van der Waals surface area (Å²) in [6, 6.07) is 10.1. The second-order valence-electron chi connectivity index (χ2n) is 6.70. The van der Waals surface area contributed by atoms with Crippen molar-refractivity contribution in [3.63, 3.8) is 0 Å². The number of hydrogen-bond acceptors (Lipinski definition) is 5. The Labute approximate surface area is 167 Å². The number of carbonyl (C=O) groups excluding carboxylic acids is 2. The van der Waals surface area contributed by atoms with E-state index in [-0.39, 0.29) is 17.6 Å². The van der Waals surface area contributed by atoms with Gasteiger partial charge in [0.25, 0.3) is 11.8 Å². The van der Waals surface area contributed by atoms with Gasteiger partial charge in [-0.3, -0.25) is 9.59 Å². The third-order valence-corrected chi connectivity index (χ3v) is 5.86. The number of rotatable bonds is 6. The predicted molar refractivity (Wildman–Crippen MR) is 108 cm³/mol. The number of nitrogens with one attached hydrogen (secondary N) is 2. The number of furan rings is 1. The molecule has 2 heterocycles. The Morgan fingerprint density at radius 1 is 1.11 bits per heavy atom. The van der Waals surface area contributed by atoms with Crippen LogP contribution in [0.15, 0.2) is 47.1 Å². The van der Waals surface area contributed by atoms with Gasteiger partial charge in [-0.1, -0.05) is 6.07 Å². The first-order valence-electron chi connectivity index (χ1n) is 9.39. The van der Waals surface area contributed by atoms with E-state index in [1.807, 2.05) is 0 Å². The molecule has 2 N–H and O–H groups in total. The average molecular weight is 395 g/mol. The quantitative estimate of drug-likeness (QED) is 0.664. The van der Waals surface area contributed by atoms with Crippen LogP contribution >= 0.6 is 11.3 Å². The van der Waals surface area contributed by atoms with Crippen molar-refractivity contribution in [3.8, 4) is 0 Å². The van der Waals surface area contributed by atoms with Gasteiger partial charge in [0, 0.05) is 29.1 Å². The highest BCUT2D eigenvalue weighted by Gasteiger charge is 2.15. The third-order valence-electron chi connectivity index (χ3n) is 4.64. The largest absolute Gasteiger partial charge is 0.459 e. The summed E-state index contributed by atoms with van der Waals surface area (Å²) in [7, 11) is 0.